The lowest BCUT2D eigenvalue weighted by Crippen LogP contribution is -2.22. The van der Waals surface area contributed by atoms with Crippen LogP contribution in [0.4, 0.5) is 0 Å². The maximum Gasteiger partial charge on any atom is 0.266 e. The van der Waals surface area contributed by atoms with Crippen molar-refractivity contribution in [2.45, 2.75) is 12.1 Å². The Labute approximate surface area is 177 Å². The summed E-state index contributed by atoms with van der Waals surface area (Å²) in [5, 5.41) is 1.42. The number of aryl methyl sites for hydroxylation is 1. The highest BCUT2D eigenvalue weighted by atomic mass is 35.5. The van der Waals surface area contributed by atoms with E-state index in [-0.39, 0.29) is 17.1 Å². The van der Waals surface area contributed by atoms with Gasteiger partial charge < -0.3 is 0 Å². The highest BCUT2D eigenvalue weighted by Crippen LogP contribution is 2.24. The van der Waals surface area contributed by atoms with Crippen molar-refractivity contribution < 1.29 is 4.79 Å². The molecule has 1 aromatic heterocycles. The van der Waals surface area contributed by atoms with Gasteiger partial charge in [0.2, 0.25) is 0 Å². The maximum atomic E-state index is 13.2. The summed E-state index contributed by atoms with van der Waals surface area (Å²) >= 11 is 7.38. The lowest BCUT2D eigenvalue weighted by molar-refractivity contribution is 0.102. The van der Waals surface area contributed by atoms with Gasteiger partial charge in [-0.3, -0.25) is 14.2 Å². The van der Waals surface area contributed by atoms with E-state index >= 15 is 0 Å². The van der Waals surface area contributed by atoms with E-state index in [1.165, 1.54) is 11.8 Å². The molecule has 0 fully saturated rings. The zero-order chi connectivity index (χ0) is 20.4. The Bertz CT molecular complexity index is 1270. The van der Waals surface area contributed by atoms with Gasteiger partial charge in [0.05, 0.1) is 27.4 Å². The van der Waals surface area contributed by atoms with Crippen molar-refractivity contribution in [3.05, 3.63) is 99.3 Å². The minimum Gasteiger partial charge on any atom is -0.293 e. The molecule has 4 nitrogen and oxygen atoms in total. The Balaban J connectivity index is 1.77. The first-order valence-electron chi connectivity index (χ1n) is 9.04. The molecule has 0 aliphatic rings. The number of Topliss-reactive ketones (excluding diaryl/α,β-unsaturated/α-hetero) is 1. The smallest absolute Gasteiger partial charge is 0.266 e. The number of ketones is 1. The van der Waals surface area contributed by atoms with Crippen LogP contribution in [0.2, 0.25) is 5.02 Å². The molecule has 4 aromatic rings. The van der Waals surface area contributed by atoms with E-state index in [4.69, 9.17) is 11.6 Å². The van der Waals surface area contributed by atoms with E-state index in [1.54, 1.807) is 41.0 Å². The normalized spacial score (nSPS) is 11.0. The first kappa shape index (κ1) is 19.4. The van der Waals surface area contributed by atoms with Gasteiger partial charge >= 0.3 is 0 Å². The number of benzene rings is 3. The highest BCUT2D eigenvalue weighted by molar-refractivity contribution is 7.99. The van der Waals surface area contributed by atoms with Crippen LogP contribution in [0.3, 0.4) is 0 Å². The van der Waals surface area contributed by atoms with Crippen molar-refractivity contribution >= 4 is 40.0 Å². The molecule has 0 amide bonds. The SMILES string of the molecule is Cc1ccc(-n2c(SCC(=O)c3ccccc3Cl)nc3ccccc3c2=O)cc1. The minimum absolute atomic E-state index is 0.113. The molecule has 0 saturated carbocycles. The van der Waals surface area contributed by atoms with Crippen LogP contribution in [-0.4, -0.2) is 21.1 Å². The van der Waals surface area contributed by atoms with E-state index in [0.717, 1.165) is 5.56 Å². The number of halogens is 1. The average molecular weight is 421 g/mol. The highest BCUT2D eigenvalue weighted by Gasteiger charge is 2.16. The third-order valence-electron chi connectivity index (χ3n) is 4.54. The number of aromatic nitrogens is 2. The predicted octanol–water partition coefficient (Wildman–Crippen LogP) is 5.32. The molecule has 0 bridgehead atoms. The first-order chi connectivity index (χ1) is 14.0. The zero-order valence-electron chi connectivity index (χ0n) is 15.6. The van der Waals surface area contributed by atoms with Crippen LogP contribution in [-0.2, 0) is 0 Å². The minimum atomic E-state index is -0.160. The number of thioether (sulfide) groups is 1. The lowest BCUT2D eigenvalue weighted by atomic mass is 10.1. The number of nitrogens with zero attached hydrogens (tertiary/aromatic N) is 2. The molecule has 0 aliphatic carbocycles. The molecule has 0 unspecified atom stereocenters. The number of para-hydroxylation sites is 1. The second-order valence-corrected chi connectivity index (χ2v) is 7.93. The molecule has 0 saturated heterocycles. The summed E-state index contributed by atoms with van der Waals surface area (Å²) in [6, 6.07) is 21.8. The Morgan fingerprint density at radius 3 is 2.45 bits per heavy atom. The number of carbonyl (C=O) groups is 1. The number of rotatable bonds is 5. The third kappa shape index (κ3) is 3.97. The number of hydrogen-bond acceptors (Lipinski definition) is 4. The van der Waals surface area contributed by atoms with Crippen molar-refractivity contribution in [3.8, 4) is 5.69 Å². The van der Waals surface area contributed by atoms with Gasteiger partial charge in [0.25, 0.3) is 5.56 Å². The monoisotopic (exact) mass is 420 g/mol. The van der Waals surface area contributed by atoms with Crippen molar-refractivity contribution in [2.24, 2.45) is 0 Å². The van der Waals surface area contributed by atoms with E-state index < -0.39 is 0 Å². The Morgan fingerprint density at radius 2 is 1.69 bits per heavy atom. The number of carbonyl (C=O) groups excluding carboxylic acids is 1. The van der Waals surface area contributed by atoms with Gasteiger partial charge in [0.15, 0.2) is 10.9 Å². The topological polar surface area (TPSA) is 52.0 Å². The molecule has 3 aromatic carbocycles. The maximum absolute atomic E-state index is 13.2. The zero-order valence-corrected chi connectivity index (χ0v) is 17.2. The van der Waals surface area contributed by atoms with Gasteiger partial charge in [-0.15, -0.1) is 0 Å². The summed E-state index contributed by atoms with van der Waals surface area (Å²) in [6.45, 7) is 1.99. The molecule has 0 atom stereocenters. The van der Waals surface area contributed by atoms with Gasteiger partial charge in [-0.1, -0.05) is 65.3 Å². The van der Waals surface area contributed by atoms with Crippen LogP contribution < -0.4 is 5.56 Å². The van der Waals surface area contributed by atoms with Crippen molar-refractivity contribution in [1.29, 1.82) is 0 Å². The van der Waals surface area contributed by atoms with Gasteiger partial charge in [-0.25, -0.2) is 4.98 Å². The van der Waals surface area contributed by atoms with Crippen LogP contribution in [0.5, 0.6) is 0 Å². The Hall–Kier alpha value is -2.89. The summed E-state index contributed by atoms with van der Waals surface area (Å²) in [5.74, 6) is 0.0128. The second-order valence-electron chi connectivity index (χ2n) is 6.58. The summed E-state index contributed by atoms with van der Waals surface area (Å²) in [4.78, 5) is 30.5. The van der Waals surface area contributed by atoms with Gasteiger partial charge in [0, 0.05) is 5.56 Å². The lowest BCUT2D eigenvalue weighted by Gasteiger charge is -2.13. The summed E-state index contributed by atoms with van der Waals surface area (Å²) in [7, 11) is 0. The number of fused-ring (bicyclic) bond motifs is 1. The fraction of sp³-hybridized carbons (Fsp3) is 0.0870. The fourth-order valence-corrected chi connectivity index (χ4v) is 4.16. The van der Waals surface area contributed by atoms with Gasteiger partial charge in [0.1, 0.15) is 0 Å². The molecule has 6 heteroatoms. The molecule has 0 aliphatic heterocycles. The van der Waals surface area contributed by atoms with Crippen molar-refractivity contribution in [3.63, 3.8) is 0 Å². The average Bonchev–Trinajstić information content (AvgIpc) is 2.73. The molecule has 1 heterocycles. The number of hydrogen-bond donors (Lipinski definition) is 0. The third-order valence-corrected chi connectivity index (χ3v) is 5.81. The molecule has 4 rings (SSSR count). The van der Waals surface area contributed by atoms with Crippen LogP contribution in [0.25, 0.3) is 16.6 Å². The van der Waals surface area contributed by atoms with E-state index in [0.29, 0.717) is 32.3 Å². The second kappa shape index (κ2) is 8.23. The molecule has 0 radical (unpaired) electrons. The summed E-state index contributed by atoms with van der Waals surface area (Å²) < 4.78 is 1.56. The van der Waals surface area contributed by atoms with Gasteiger partial charge in [-0.2, -0.15) is 0 Å². The van der Waals surface area contributed by atoms with Crippen LogP contribution >= 0.6 is 23.4 Å². The molecule has 0 N–H and O–H groups in total. The van der Waals surface area contributed by atoms with Crippen molar-refractivity contribution in [2.75, 3.05) is 5.75 Å². The Kier molecular flexibility index (Phi) is 5.51. The van der Waals surface area contributed by atoms with E-state index in [1.807, 2.05) is 43.3 Å². The van der Waals surface area contributed by atoms with E-state index in [9.17, 15) is 9.59 Å². The molecule has 0 spiro atoms. The largest absolute Gasteiger partial charge is 0.293 e. The summed E-state index contributed by atoms with van der Waals surface area (Å²) in [6.07, 6.45) is 0. The van der Waals surface area contributed by atoms with Crippen LogP contribution in [0.15, 0.2) is 82.7 Å². The molecular formula is C23H17ClN2O2S. The standard InChI is InChI=1S/C23H17ClN2O2S/c1-15-10-12-16(13-11-15)26-22(28)18-7-3-5-9-20(18)25-23(26)29-14-21(27)17-6-2-4-8-19(17)24/h2-13H,14H2,1H3. The molecule has 29 heavy (non-hydrogen) atoms. The predicted molar refractivity (Wildman–Crippen MR) is 119 cm³/mol. The Morgan fingerprint density at radius 1 is 1.00 bits per heavy atom. The van der Waals surface area contributed by atoms with Gasteiger partial charge in [-0.05, 0) is 43.3 Å². The quantitative estimate of drug-likeness (QED) is 0.249. The first-order valence-corrected chi connectivity index (χ1v) is 10.4. The molecule has 144 valence electrons. The van der Waals surface area contributed by atoms with Crippen molar-refractivity contribution in [1.82, 2.24) is 9.55 Å². The van der Waals surface area contributed by atoms with E-state index in [2.05, 4.69) is 4.98 Å². The summed E-state index contributed by atoms with van der Waals surface area (Å²) in [5.41, 5.74) is 2.72. The fourth-order valence-electron chi connectivity index (χ4n) is 3.03. The van der Waals surface area contributed by atoms with Crippen LogP contribution in [0.1, 0.15) is 15.9 Å². The molecular weight excluding hydrogens is 404 g/mol. The van der Waals surface area contributed by atoms with Crippen LogP contribution in [0, 0.1) is 6.92 Å².